The Bertz CT molecular complexity index is 577. The molecule has 0 saturated carbocycles. The number of carbonyl (C=O) groups excluding carboxylic acids is 1. The van der Waals surface area contributed by atoms with Crippen LogP contribution in [0.3, 0.4) is 0 Å². The summed E-state index contributed by atoms with van der Waals surface area (Å²) in [4.78, 5) is 12.4. The number of rotatable bonds is 6. The highest BCUT2D eigenvalue weighted by molar-refractivity contribution is 6.90. The van der Waals surface area contributed by atoms with Gasteiger partial charge in [-0.25, -0.2) is 0 Å². The molecule has 0 radical (unpaired) electrons. The molecular weight excluding hydrogens is 308 g/mol. The Morgan fingerprint density at radius 2 is 1.38 bits per heavy atom. The van der Waals surface area contributed by atoms with Gasteiger partial charge in [0.05, 0.1) is 0 Å². The minimum atomic E-state index is -1.70. The molecule has 2 heteroatoms. The SMILES string of the molecule is Cc1ccc(C(=O)C[C@@H](C)C#C[Si](C(C)C)(C(C)C)C(C)C)cc1. The Morgan fingerprint density at radius 1 is 0.917 bits per heavy atom. The largest absolute Gasteiger partial charge is 0.294 e. The van der Waals surface area contributed by atoms with Gasteiger partial charge in [-0.3, -0.25) is 4.79 Å². The van der Waals surface area contributed by atoms with Crippen LogP contribution in [-0.2, 0) is 0 Å². The third kappa shape index (κ3) is 4.83. The lowest BCUT2D eigenvalue weighted by Gasteiger charge is -2.38. The second-order valence-electron chi connectivity index (χ2n) is 8.06. The molecule has 0 heterocycles. The molecular formula is C22H34OSi. The fourth-order valence-electron chi connectivity index (χ4n) is 3.87. The smallest absolute Gasteiger partial charge is 0.164 e. The molecule has 0 aliphatic rings. The summed E-state index contributed by atoms with van der Waals surface area (Å²) in [5.74, 6) is 3.78. The number of Topliss-reactive ketones (excluding diaryl/α,β-unsaturated/α-hetero) is 1. The lowest BCUT2D eigenvalue weighted by atomic mass is 10.00. The summed E-state index contributed by atoms with van der Waals surface area (Å²) in [6.07, 6.45) is 0.509. The first kappa shape index (κ1) is 20.7. The van der Waals surface area contributed by atoms with E-state index in [-0.39, 0.29) is 11.7 Å². The van der Waals surface area contributed by atoms with Crippen LogP contribution in [-0.4, -0.2) is 13.9 Å². The second-order valence-corrected chi connectivity index (χ2v) is 13.6. The van der Waals surface area contributed by atoms with Crippen LogP contribution in [0.25, 0.3) is 0 Å². The molecule has 0 unspecified atom stereocenters. The zero-order valence-electron chi connectivity index (χ0n) is 16.7. The topological polar surface area (TPSA) is 17.1 Å². The summed E-state index contributed by atoms with van der Waals surface area (Å²) in [6, 6.07) is 7.84. The van der Waals surface area contributed by atoms with Crippen LogP contribution in [0.2, 0.25) is 16.6 Å². The summed E-state index contributed by atoms with van der Waals surface area (Å²) in [5, 5.41) is 0. The molecule has 0 aliphatic carbocycles. The summed E-state index contributed by atoms with van der Waals surface area (Å²) < 4.78 is 0. The van der Waals surface area contributed by atoms with Gasteiger partial charge < -0.3 is 0 Å². The Morgan fingerprint density at radius 3 is 1.79 bits per heavy atom. The first-order valence-electron chi connectivity index (χ1n) is 9.23. The molecule has 1 rings (SSSR count). The molecule has 24 heavy (non-hydrogen) atoms. The molecule has 0 spiro atoms. The number of carbonyl (C=O) groups is 1. The monoisotopic (exact) mass is 342 g/mol. The average molecular weight is 343 g/mol. The first-order valence-corrected chi connectivity index (χ1v) is 11.5. The van der Waals surface area contributed by atoms with Crippen LogP contribution in [0.15, 0.2) is 24.3 Å². The van der Waals surface area contributed by atoms with Crippen LogP contribution < -0.4 is 0 Å². The lowest BCUT2D eigenvalue weighted by Crippen LogP contribution is -2.43. The highest BCUT2D eigenvalue weighted by Crippen LogP contribution is 2.40. The maximum Gasteiger partial charge on any atom is 0.164 e. The van der Waals surface area contributed by atoms with Crippen molar-refractivity contribution >= 4 is 13.9 Å². The Balaban J connectivity index is 2.93. The minimum Gasteiger partial charge on any atom is -0.294 e. The van der Waals surface area contributed by atoms with E-state index in [4.69, 9.17) is 0 Å². The maximum absolute atomic E-state index is 12.4. The van der Waals surface area contributed by atoms with Crippen LogP contribution in [0.1, 0.15) is 70.8 Å². The normalized spacial score (nSPS) is 13.1. The van der Waals surface area contributed by atoms with E-state index in [1.54, 1.807) is 0 Å². The number of hydrogen-bond acceptors (Lipinski definition) is 1. The van der Waals surface area contributed by atoms with E-state index in [1.165, 1.54) is 5.56 Å². The van der Waals surface area contributed by atoms with E-state index >= 15 is 0 Å². The maximum atomic E-state index is 12.4. The van der Waals surface area contributed by atoms with Crippen molar-refractivity contribution in [3.8, 4) is 11.5 Å². The van der Waals surface area contributed by atoms with Gasteiger partial charge in [-0.05, 0) is 23.5 Å². The summed E-state index contributed by atoms with van der Waals surface area (Å²) in [5.41, 5.74) is 7.60. The van der Waals surface area contributed by atoms with Crippen molar-refractivity contribution in [2.24, 2.45) is 5.92 Å². The number of hydrogen-bond donors (Lipinski definition) is 0. The second kappa shape index (κ2) is 8.67. The minimum absolute atomic E-state index is 0.113. The van der Waals surface area contributed by atoms with Crippen molar-refractivity contribution in [2.45, 2.75) is 78.4 Å². The van der Waals surface area contributed by atoms with Crippen molar-refractivity contribution in [1.29, 1.82) is 0 Å². The van der Waals surface area contributed by atoms with Crippen LogP contribution >= 0.6 is 0 Å². The van der Waals surface area contributed by atoms with Gasteiger partial charge in [-0.1, -0.05) is 78.3 Å². The molecule has 0 bridgehead atoms. The van der Waals surface area contributed by atoms with Gasteiger partial charge >= 0.3 is 0 Å². The highest BCUT2D eigenvalue weighted by Gasteiger charge is 2.41. The predicted octanol–water partition coefficient (Wildman–Crippen LogP) is 6.43. The van der Waals surface area contributed by atoms with Gasteiger partial charge in [0, 0.05) is 17.9 Å². The molecule has 1 aromatic rings. The third-order valence-electron chi connectivity index (χ3n) is 5.27. The van der Waals surface area contributed by atoms with Crippen molar-refractivity contribution in [3.05, 3.63) is 35.4 Å². The molecule has 1 nitrogen and oxygen atoms in total. The lowest BCUT2D eigenvalue weighted by molar-refractivity contribution is 0.0973. The molecule has 0 fully saturated rings. The molecule has 0 amide bonds. The van der Waals surface area contributed by atoms with Gasteiger partial charge in [0.15, 0.2) is 5.78 Å². The molecule has 0 N–H and O–H groups in total. The summed E-state index contributed by atoms with van der Waals surface area (Å²) >= 11 is 0. The van der Waals surface area contributed by atoms with Gasteiger partial charge in [-0.2, -0.15) is 0 Å². The summed E-state index contributed by atoms with van der Waals surface area (Å²) in [6.45, 7) is 18.1. The molecule has 1 aromatic carbocycles. The van der Waals surface area contributed by atoms with Gasteiger partial charge in [0.1, 0.15) is 8.07 Å². The predicted molar refractivity (Wildman–Crippen MR) is 108 cm³/mol. The average Bonchev–Trinajstić information content (AvgIpc) is 2.47. The van der Waals surface area contributed by atoms with E-state index in [1.807, 2.05) is 31.2 Å². The number of aryl methyl sites for hydroxylation is 1. The quantitative estimate of drug-likeness (QED) is 0.331. The fraction of sp³-hybridized carbons (Fsp3) is 0.591. The molecule has 0 aromatic heterocycles. The number of ketones is 1. The van der Waals surface area contributed by atoms with Crippen LogP contribution in [0.5, 0.6) is 0 Å². The van der Waals surface area contributed by atoms with Crippen LogP contribution in [0.4, 0.5) is 0 Å². The van der Waals surface area contributed by atoms with Crippen molar-refractivity contribution in [1.82, 2.24) is 0 Å². The standard InChI is InChI=1S/C22H34OSi/c1-16(2)24(17(3)4,18(5)6)14-13-20(8)15-22(23)21-11-9-19(7)10-12-21/h9-12,16-18,20H,15H2,1-8H3/t20-/m0/s1. The zero-order chi connectivity index (χ0) is 18.5. The number of benzene rings is 1. The molecule has 0 saturated heterocycles. The third-order valence-corrected chi connectivity index (χ3v) is 11.6. The van der Waals surface area contributed by atoms with Crippen molar-refractivity contribution in [3.63, 3.8) is 0 Å². The van der Waals surface area contributed by atoms with E-state index in [2.05, 4.69) is 59.9 Å². The Labute approximate surface area is 150 Å². The van der Waals surface area contributed by atoms with Gasteiger partial charge in [0.25, 0.3) is 0 Å². The van der Waals surface area contributed by atoms with Crippen molar-refractivity contribution < 1.29 is 4.79 Å². The van der Waals surface area contributed by atoms with E-state index in [9.17, 15) is 4.79 Å². The fourth-order valence-corrected chi connectivity index (χ4v) is 9.23. The van der Waals surface area contributed by atoms with E-state index in [0.29, 0.717) is 23.0 Å². The van der Waals surface area contributed by atoms with Crippen LogP contribution in [0, 0.1) is 24.3 Å². The van der Waals surface area contributed by atoms with Gasteiger partial charge in [0.2, 0.25) is 0 Å². The Kier molecular flexibility index (Phi) is 7.48. The van der Waals surface area contributed by atoms with E-state index in [0.717, 1.165) is 5.56 Å². The van der Waals surface area contributed by atoms with Crippen molar-refractivity contribution in [2.75, 3.05) is 0 Å². The highest BCUT2D eigenvalue weighted by atomic mass is 28.3. The Hall–Kier alpha value is -1.33. The molecule has 1 atom stereocenters. The van der Waals surface area contributed by atoms with Gasteiger partial charge in [-0.15, -0.1) is 11.5 Å². The first-order chi connectivity index (χ1) is 11.1. The summed E-state index contributed by atoms with van der Waals surface area (Å²) in [7, 11) is -1.70. The zero-order valence-corrected chi connectivity index (χ0v) is 17.7. The molecule has 132 valence electrons. The van der Waals surface area contributed by atoms with E-state index < -0.39 is 8.07 Å². The molecule has 0 aliphatic heterocycles.